The summed E-state index contributed by atoms with van der Waals surface area (Å²) in [5, 5.41) is 14.8. The number of alkyl halides is 3. The molecule has 2 heterocycles. The maximum atomic E-state index is 14.0. The molecular formula is C61H44F3N3. The maximum absolute atomic E-state index is 14.0. The van der Waals surface area contributed by atoms with Crippen molar-refractivity contribution < 1.29 is 13.2 Å². The van der Waals surface area contributed by atoms with Gasteiger partial charge in [0.25, 0.3) is 0 Å². The van der Waals surface area contributed by atoms with Gasteiger partial charge in [-0.2, -0.15) is 18.4 Å². The number of benzene rings is 9. The predicted molar refractivity (Wildman–Crippen MR) is 270 cm³/mol. The summed E-state index contributed by atoms with van der Waals surface area (Å²) in [5.41, 5.74) is 18.6. The third kappa shape index (κ3) is 7.15. The Balaban J connectivity index is 1.20. The van der Waals surface area contributed by atoms with Crippen molar-refractivity contribution in [2.75, 3.05) is 0 Å². The van der Waals surface area contributed by atoms with E-state index in [9.17, 15) is 18.4 Å². The minimum atomic E-state index is -4.46. The Morgan fingerprint density at radius 2 is 0.836 bits per heavy atom. The fourth-order valence-electron chi connectivity index (χ4n) is 10.4. The second-order valence-electron chi connectivity index (χ2n) is 18.0. The zero-order chi connectivity index (χ0) is 46.3. The van der Waals surface area contributed by atoms with Crippen molar-refractivity contribution in [3.8, 4) is 62.0 Å². The second-order valence-corrected chi connectivity index (χ2v) is 18.0. The summed E-state index contributed by atoms with van der Waals surface area (Å²) in [6, 6.07) is 61.7. The molecule has 6 heteroatoms. The summed E-state index contributed by atoms with van der Waals surface area (Å²) in [6.07, 6.45) is -4.46. The smallest absolute Gasteiger partial charge is 0.309 e. The molecule has 0 radical (unpaired) electrons. The molecule has 3 nitrogen and oxygen atoms in total. The average molecular weight is 876 g/mol. The van der Waals surface area contributed by atoms with Gasteiger partial charge in [-0.3, -0.25) is 0 Å². The molecule has 0 aliphatic rings. The van der Waals surface area contributed by atoms with E-state index in [4.69, 9.17) is 0 Å². The van der Waals surface area contributed by atoms with Crippen LogP contribution in [0.3, 0.4) is 0 Å². The first-order valence-electron chi connectivity index (χ1n) is 22.4. The molecule has 0 spiro atoms. The van der Waals surface area contributed by atoms with Crippen molar-refractivity contribution in [2.45, 2.75) is 40.8 Å². The summed E-state index contributed by atoms with van der Waals surface area (Å²) >= 11 is 0. The van der Waals surface area contributed by atoms with Gasteiger partial charge in [-0.1, -0.05) is 131 Å². The van der Waals surface area contributed by atoms with Crippen LogP contribution >= 0.6 is 0 Å². The number of nitriles is 1. The summed E-state index contributed by atoms with van der Waals surface area (Å²) in [5.74, 6) is 0. The first kappa shape index (κ1) is 41.6. The lowest BCUT2D eigenvalue weighted by molar-refractivity contribution is -0.137. The SMILES string of the molecule is Cc1cc(C)cc(-c2ccc3c(c2)c2ccccc2n3-c2cc(C#N)ccc2-c2ccc(-c3ccc(C(F)(F)F)cc3C)cc2-n2c3ccccc3c3cc(-c4cc(C)cc(C)c4)ccc32)c1. The molecule has 0 amide bonds. The highest BCUT2D eigenvalue weighted by molar-refractivity contribution is 6.13. The fraction of sp³-hybridized carbons (Fsp3) is 0.0984. The fourth-order valence-corrected chi connectivity index (χ4v) is 10.4. The van der Waals surface area contributed by atoms with Crippen LogP contribution in [0.15, 0.2) is 176 Å². The zero-order valence-electron chi connectivity index (χ0n) is 37.7. The first-order chi connectivity index (χ1) is 32.3. The average Bonchev–Trinajstić information content (AvgIpc) is 3.82. The van der Waals surface area contributed by atoms with E-state index in [-0.39, 0.29) is 0 Å². The number of nitrogens with zero attached hydrogens (tertiary/aromatic N) is 3. The molecule has 324 valence electrons. The number of hydrogen-bond donors (Lipinski definition) is 0. The van der Waals surface area contributed by atoms with E-state index in [1.165, 1.54) is 28.3 Å². The highest BCUT2D eigenvalue weighted by Crippen LogP contribution is 2.44. The van der Waals surface area contributed by atoms with E-state index < -0.39 is 11.7 Å². The highest BCUT2D eigenvalue weighted by Gasteiger charge is 2.31. The van der Waals surface area contributed by atoms with Crippen molar-refractivity contribution in [1.29, 1.82) is 5.26 Å². The van der Waals surface area contributed by atoms with Crippen molar-refractivity contribution in [2.24, 2.45) is 0 Å². The van der Waals surface area contributed by atoms with E-state index in [0.29, 0.717) is 16.7 Å². The number of halogens is 3. The number of para-hydroxylation sites is 2. The lowest BCUT2D eigenvalue weighted by Crippen LogP contribution is -2.05. The van der Waals surface area contributed by atoms with Crippen molar-refractivity contribution >= 4 is 43.6 Å². The molecule has 2 aromatic heterocycles. The number of aromatic nitrogens is 2. The summed E-state index contributed by atoms with van der Waals surface area (Å²) < 4.78 is 46.5. The number of fused-ring (bicyclic) bond motifs is 6. The highest BCUT2D eigenvalue weighted by atomic mass is 19.4. The maximum Gasteiger partial charge on any atom is 0.416 e. The van der Waals surface area contributed by atoms with Gasteiger partial charge < -0.3 is 9.13 Å². The van der Waals surface area contributed by atoms with Crippen LogP contribution in [-0.2, 0) is 6.18 Å². The Morgan fingerprint density at radius 3 is 1.33 bits per heavy atom. The van der Waals surface area contributed by atoms with Gasteiger partial charge in [0, 0.05) is 32.7 Å². The van der Waals surface area contributed by atoms with Crippen LogP contribution < -0.4 is 0 Å². The Hall–Kier alpha value is -8.14. The largest absolute Gasteiger partial charge is 0.416 e. The van der Waals surface area contributed by atoms with E-state index in [1.54, 1.807) is 13.0 Å². The lowest BCUT2D eigenvalue weighted by atomic mass is 9.93. The minimum absolute atomic E-state index is 0.519. The van der Waals surface area contributed by atoms with Gasteiger partial charge in [0.2, 0.25) is 0 Å². The Morgan fingerprint density at radius 1 is 0.388 bits per heavy atom. The Bertz CT molecular complexity index is 3830. The van der Waals surface area contributed by atoms with Crippen LogP contribution in [0.4, 0.5) is 13.2 Å². The van der Waals surface area contributed by atoms with Crippen LogP contribution in [0, 0.1) is 45.9 Å². The second kappa shape index (κ2) is 15.8. The normalized spacial score (nSPS) is 11.9. The molecule has 0 atom stereocenters. The van der Waals surface area contributed by atoms with E-state index in [2.05, 4.69) is 164 Å². The zero-order valence-corrected chi connectivity index (χ0v) is 37.7. The van der Waals surface area contributed by atoms with Gasteiger partial charge in [-0.25, -0.2) is 0 Å². The quantitative estimate of drug-likeness (QED) is 0.164. The molecule has 0 bridgehead atoms. The van der Waals surface area contributed by atoms with Crippen LogP contribution in [0.2, 0.25) is 0 Å². The monoisotopic (exact) mass is 875 g/mol. The molecule has 0 unspecified atom stereocenters. The molecular weight excluding hydrogens is 832 g/mol. The summed E-state index contributed by atoms with van der Waals surface area (Å²) in [7, 11) is 0. The standard InChI is InChI=1S/C61H44F3N3/c1-36-24-37(2)27-45(26-36)42-16-22-57-53(32-42)49-10-6-8-12-55(49)66(57)59-31-41(35-65)14-19-51(59)52-20-15-44(48-21-18-47(30-40(48)5)61(62,63)64)34-60(52)67-56-13-9-7-11-50(56)54-33-43(17-23-58(54)67)46-28-38(3)25-39(4)29-46/h6-34H,1-5H3. The third-order valence-corrected chi connectivity index (χ3v) is 13.2. The molecule has 0 saturated carbocycles. The van der Waals surface area contributed by atoms with Crippen LogP contribution in [0.5, 0.6) is 0 Å². The van der Waals surface area contributed by atoms with Gasteiger partial charge in [0.15, 0.2) is 0 Å². The molecule has 0 N–H and O–H groups in total. The molecule has 0 saturated heterocycles. The van der Waals surface area contributed by atoms with Crippen LogP contribution in [0.1, 0.15) is 38.9 Å². The van der Waals surface area contributed by atoms with Crippen LogP contribution in [-0.4, -0.2) is 9.13 Å². The third-order valence-electron chi connectivity index (χ3n) is 13.2. The lowest BCUT2D eigenvalue weighted by Gasteiger charge is -2.20. The van der Waals surface area contributed by atoms with Gasteiger partial charge in [-0.15, -0.1) is 0 Å². The summed E-state index contributed by atoms with van der Waals surface area (Å²) in [4.78, 5) is 0. The molecule has 67 heavy (non-hydrogen) atoms. The van der Waals surface area contributed by atoms with E-state index in [0.717, 1.165) is 100.0 Å². The molecule has 9 aromatic carbocycles. The van der Waals surface area contributed by atoms with Crippen LogP contribution in [0.25, 0.3) is 99.5 Å². The topological polar surface area (TPSA) is 33.6 Å². The number of hydrogen-bond acceptors (Lipinski definition) is 1. The van der Waals surface area contributed by atoms with Gasteiger partial charge in [-0.05, 0) is 140 Å². The van der Waals surface area contributed by atoms with Gasteiger partial charge >= 0.3 is 6.18 Å². The number of aryl methyl sites for hydroxylation is 5. The predicted octanol–water partition coefficient (Wildman–Crippen LogP) is 17.0. The minimum Gasteiger partial charge on any atom is -0.309 e. The molecule has 0 aliphatic heterocycles. The van der Waals surface area contributed by atoms with Gasteiger partial charge in [0.1, 0.15) is 0 Å². The summed E-state index contributed by atoms with van der Waals surface area (Å²) in [6.45, 7) is 10.2. The first-order valence-corrected chi connectivity index (χ1v) is 22.4. The van der Waals surface area contributed by atoms with E-state index >= 15 is 0 Å². The molecule has 0 aliphatic carbocycles. The van der Waals surface area contributed by atoms with Crippen molar-refractivity contribution in [1.82, 2.24) is 9.13 Å². The Kier molecular flexibility index (Phi) is 9.79. The van der Waals surface area contributed by atoms with Crippen molar-refractivity contribution in [3.63, 3.8) is 0 Å². The molecule has 11 rings (SSSR count). The van der Waals surface area contributed by atoms with Gasteiger partial charge in [0.05, 0.1) is 50.6 Å². The Labute approximate surface area is 387 Å². The van der Waals surface area contributed by atoms with E-state index in [1.807, 2.05) is 36.4 Å². The molecule has 11 aromatic rings. The number of rotatable bonds is 6. The van der Waals surface area contributed by atoms with Crippen molar-refractivity contribution in [3.05, 3.63) is 215 Å². The molecule has 0 fully saturated rings.